The van der Waals surface area contributed by atoms with E-state index >= 15 is 0 Å². The van der Waals surface area contributed by atoms with Crippen molar-refractivity contribution >= 4 is 42.0 Å². The summed E-state index contributed by atoms with van der Waals surface area (Å²) < 4.78 is 33.9. The first-order valence-corrected chi connectivity index (χ1v) is 15.6. The summed E-state index contributed by atoms with van der Waals surface area (Å²) in [5.41, 5.74) is 4.32. The summed E-state index contributed by atoms with van der Waals surface area (Å²) >= 11 is 0. The molecule has 1 saturated heterocycles. The molecule has 46 heavy (non-hydrogen) atoms. The lowest BCUT2D eigenvalue weighted by molar-refractivity contribution is -0.169. The number of esters is 1. The Bertz CT molecular complexity index is 1770. The molecule has 0 radical (unpaired) electrons. The molecule has 0 spiro atoms. The summed E-state index contributed by atoms with van der Waals surface area (Å²) in [5.74, 6) is -0.256. The normalized spacial score (nSPS) is 22.6. The summed E-state index contributed by atoms with van der Waals surface area (Å²) in [5, 5.41) is 23.8. The number of hydrogen-bond donors (Lipinski definition) is 3. The topological polar surface area (TPSA) is 209 Å². The van der Waals surface area contributed by atoms with Crippen molar-refractivity contribution in [3.05, 3.63) is 42.7 Å². The molecule has 1 aliphatic rings. The number of aliphatic hydroxyl groups excluding tert-OH is 1. The lowest BCUT2D eigenvalue weighted by atomic mass is 9.96. The number of ether oxygens (including phenoxy) is 4. The van der Waals surface area contributed by atoms with Crippen LogP contribution in [0, 0.1) is 5.41 Å². The number of benzene rings is 2. The van der Waals surface area contributed by atoms with Gasteiger partial charge in [-0.1, -0.05) is 55.8 Å². The average molecular weight is 657 g/mol. The Morgan fingerprint density at radius 3 is 2.72 bits per heavy atom. The number of nitrogens with zero attached hydrogens (tertiary/aromatic N) is 5. The molecule has 0 amide bonds. The predicted molar refractivity (Wildman–Crippen MR) is 166 cm³/mol. The lowest BCUT2D eigenvalue weighted by Gasteiger charge is -2.27. The number of hydrogen-bond acceptors (Lipinski definition) is 14. The van der Waals surface area contributed by atoms with Gasteiger partial charge in [-0.15, -0.1) is 0 Å². The van der Waals surface area contributed by atoms with Gasteiger partial charge in [0, 0.05) is 5.39 Å². The molecule has 2 aromatic heterocycles. The predicted octanol–water partition coefficient (Wildman–Crippen LogP) is 2.87. The van der Waals surface area contributed by atoms with Gasteiger partial charge in [0.15, 0.2) is 29.2 Å². The summed E-state index contributed by atoms with van der Waals surface area (Å²) in [6.07, 6.45) is -2.20. The van der Waals surface area contributed by atoms with E-state index in [1.807, 2.05) is 32.9 Å². The maximum atomic E-state index is 13.0. The number of methoxy groups -OCH3 is 1. The van der Waals surface area contributed by atoms with Crippen LogP contribution in [0.2, 0.25) is 0 Å². The van der Waals surface area contributed by atoms with E-state index in [1.165, 1.54) is 31.9 Å². The van der Waals surface area contributed by atoms with E-state index in [0.29, 0.717) is 10.9 Å². The van der Waals surface area contributed by atoms with Crippen molar-refractivity contribution in [1.82, 2.24) is 19.5 Å². The van der Waals surface area contributed by atoms with Crippen LogP contribution < -0.4 is 24.6 Å². The Hall–Kier alpha value is -4.14. The lowest BCUT2D eigenvalue weighted by Crippen LogP contribution is -2.44. The molecular formula is C30H37N6O9P. The van der Waals surface area contributed by atoms with Crippen LogP contribution in [0.25, 0.3) is 21.9 Å². The van der Waals surface area contributed by atoms with Gasteiger partial charge in [0.1, 0.15) is 24.4 Å². The second-order valence-corrected chi connectivity index (χ2v) is 13.2. The van der Waals surface area contributed by atoms with Crippen LogP contribution in [0.3, 0.4) is 0 Å². The molecule has 16 heteroatoms. The smallest absolute Gasteiger partial charge is 0.395 e. The molecule has 3 heterocycles. The van der Waals surface area contributed by atoms with E-state index in [0.717, 1.165) is 5.39 Å². The van der Waals surface area contributed by atoms with E-state index in [9.17, 15) is 19.9 Å². The number of imidazole rings is 1. The second kappa shape index (κ2) is 12.9. The number of fused-ring (bicyclic) bond motifs is 2. The maximum Gasteiger partial charge on any atom is 0.395 e. The van der Waals surface area contributed by atoms with Crippen LogP contribution in [0.15, 0.2) is 47.5 Å². The minimum absolute atomic E-state index is 0.0748. The average Bonchev–Trinajstić information content (AvgIpc) is 3.51. The van der Waals surface area contributed by atoms with Gasteiger partial charge >= 0.3 is 14.1 Å². The molecule has 4 aromatic rings. The highest BCUT2D eigenvalue weighted by molar-refractivity contribution is 7.34. The van der Waals surface area contributed by atoms with Crippen LogP contribution in [0.1, 0.15) is 40.8 Å². The molecule has 1 fully saturated rings. The largest absolute Gasteiger partial charge is 0.575 e. The van der Waals surface area contributed by atoms with Crippen molar-refractivity contribution < 1.29 is 43.4 Å². The zero-order chi connectivity index (χ0) is 33.4. The molecule has 2 unspecified atom stereocenters. The van der Waals surface area contributed by atoms with Gasteiger partial charge in [0.2, 0.25) is 17.6 Å². The third-order valence-corrected chi connectivity index (χ3v) is 8.15. The van der Waals surface area contributed by atoms with Gasteiger partial charge < -0.3 is 39.8 Å². The third-order valence-electron chi connectivity index (χ3n) is 7.28. The fraction of sp³-hybridized carbons (Fsp3) is 0.467. The zero-order valence-corrected chi connectivity index (χ0v) is 27.2. The molecule has 2 aromatic carbocycles. The van der Waals surface area contributed by atoms with Crippen LogP contribution in [-0.2, 0) is 14.3 Å². The number of nitrogen functional groups attached to an aromatic ring is 1. The Balaban J connectivity index is 1.37. The van der Waals surface area contributed by atoms with Crippen LogP contribution in [0.4, 0.5) is 5.95 Å². The Morgan fingerprint density at radius 1 is 1.26 bits per heavy atom. The van der Waals surface area contributed by atoms with Crippen LogP contribution in [0.5, 0.6) is 17.4 Å². The van der Waals surface area contributed by atoms with Crippen molar-refractivity contribution in [3.63, 3.8) is 0 Å². The number of carbonyl (C=O) groups excluding carboxylic acids is 1. The number of anilines is 1. The SMILES string of the molecule is COc1nc(N)nc2c1ncn2[C@@H]1O[C@H](COc2ccc3ccccc3c2O[P+]([O-])=NC(C)C(=O)OCC(C)(C)C)[C@@H](O)[C@@]1(C)O. The van der Waals surface area contributed by atoms with Crippen molar-refractivity contribution in [2.75, 3.05) is 26.1 Å². The first-order chi connectivity index (χ1) is 21.7. The van der Waals surface area contributed by atoms with Crippen LogP contribution in [-0.4, -0.2) is 79.9 Å². The zero-order valence-electron chi connectivity index (χ0n) is 26.3. The first-order valence-electron chi connectivity index (χ1n) is 14.5. The number of aliphatic hydroxyl groups is 2. The molecule has 0 bridgehead atoms. The van der Waals surface area contributed by atoms with Gasteiger partial charge in [0.05, 0.1) is 20.0 Å². The minimum Gasteiger partial charge on any atom is -0.575 e. The summed E-state index contributed by atoms with van der Waals surface area (Å²) in [4.78, 5) is 38.0. The van der Waals surface area contributed by atoms with E-state index in [1.54, 1.807) is 24.3 Å². The standard InChI is InChI=1S/C30H37N6O9P/c1-16(26(38)43-14-29(2,3)4)35-46(40)45-22-18-10-8-7-9-17(18)11-12-19(22)42-13-20-23(37)30(5,39)27(44-20)36-15-32-21-24(36)33-28(31)34-25(21)41-6/h7-12,15-16,20,23,27,37,39H,13-14H2,1-6H3,(H2,31,33,34)/t16?,20-,23-,27-,30-/m1/s1. The Morgan fingerprint density at radius 2 is 2.00 bits per heavy atom. The maximum absolute atomic E-state index is 13.0. The number of aromatic nitrogens is 4. The number of carbonyl (C=O) groups is 1. The van der Waals surface area contributed by atoms with E-state index in [-0.39, 0.29) is 47.6 Å². The van der Waals surface area contributed by atoms with Gasteiger partial charge in [-0.3, -0.25) is 9.09 Å². The molecule has 0 saturated carbocycles. The monoisotopic (exact) mass is 656 g/mol. The Kier molecular flexibility index (Phi) is 9.34. The van der Waals surface area contributed by atoms with Gasteiger partial charge in [0.25, 0.3) is 0 Å². The molecule has 5 rings (SSSR count). The molecule has 1 aliphatic heterocycles. The van der Waals surface area contributed by atoms with Gasteiger partial charge in [-0.25, -0.2) is 9.78 Å². The highest BCUT2D eigenvalue weighted by Crippen LogP contribution is 2.43. The summed E-state index contributed by atoms with van der Waals surface area (Å²) in [7, 11) is -1.31. The second-order valence-electron chi connectivity index (χ2n) is 12.3. The quantitative estimate of drug-likeness (QED) is 0.166. The minimum atomic E-state index is -2.73. The van der Waals surface area contributed by atoms with Crippen LogP contribution >= 0.6 is 8.17 Å². The molecule has 15 nitrogen and oxygen atoms in total. The van der Waals surface area contributed by atoms with E-state index < -0.39 is 44.2 Å². The van der Waals surface area contributed by atoms with Crippen molar-refractivity contribution in [3.8, 4) is 17.4 Å². The van der Waals surface area contributed by atoms with Gasteiger partial charge in [-0.05, 0) is 30.7 Å². The summed E-state index contributed by atoms with van der Waals surface area (Å²) in [6, 6.07) is 9.59. The fourth-order valence-corrected chi connectivity index (χ4v) is 5.67. The summed E-state index contributed by atoms with van der Waals surface area (Å²) in [6.45, 7) is 8.61. The number of nitrogens with two attached hydrogens (primary N) is 1. The molecular weight excluding hydrogens is 619 g/mol. The van der Waals surface area contributed by atoms with Crippen molar-refractivity contribution in [1.29, 1.82) is 0 Å². The molecule has 0 aliphatic carbocycles. The van der Waals surface area contributed by atoms with Crippen molar-refractivity contribution in [2.45, 2.75) is 64.7 Å². The highest BCUT2D eigenvalue weighted by Gasteiger charge is 2.54. The molecule has 246 valence electrons. The van der Waals surface area contributed by atoms with E-state index in [2.05, 4.69) is 19.7 Å². The van der Waals surface area contributed by atoms with Gasteiger partial charge in [-0.2, -0.15) is 9.97 Å². The number of rotatable bonds is 10. The Labute approximate surface area is 265 Å². The fourth-order valence-electron chi connectivity index (χ4n) is 4.90. The molecule has 4 N–H and O–H groups in total. The first kappa shape index (κ1) is 33.2. The van der Waals surface area contributed by atoms with E-state index in [4.69, 9.17) is 29.2 Å². The third kappa shape index (κ3) is 6.83. The molecule has 6 atom stereocenters. The highest BCUT2D eigenvalue weighted by atomic mass is 31.1. The van der Waals surface area contributed by atoms with Crippen molar-refractivity contribution in [2.24, 2.45) is 10.2 Å².